The summed E-state index contributed by atoms with van der Waals surface area (Å²) in [6, 6.07) is 2.46. The molecule has 1 fully saturated rings. The quantitative estimate of drug-likeness (QED) is 0.928. The Kier molecular flexibility index (Phi) is 5.10. The largest absolute Gasteiger partial charge is 0.342 e. The van der Waals surface area contributed by atoms with Crippen LogP contribution in [0.15, 0.2) is 6.07 Å². The summed E-state index contributed by atoms with van der Waals surface area (Å²) in [5.41, 5.74) is 7.58. The van der Waals surface area contributed by atoms with E-state index in [1.807, 2.05) is 16.2 Å². The van der Waals surface area contributed by atoms with E-state index >= 15 is 0 Å². The van der Waals surface area contributed by atoms with Gasteiger partial charge in [-0.05, 0) is 50.2 Å². The third-order valence-corrected chi connectivity index (χ3v) is 5.65. The molecule has 2 heterocycles. The average Bonchev–Trinajstić information content (AvgIpc) is 2.71. The smallest absolute Gasteiger partial charge is 0.222 e. The maximum Gasteiger partial charge on any atom is 0.222 e. The molecule has 4 heteroatoms. The normalized spacial score (nSPS) is 21.6. The van der Waals surface area contributed by atoms with Gasteiger partial charge in [0.1, 0.15) is 0 Å². The second-order valence-electron chi connectivity index (χ2n) is 6.99. The molecule has 0 bridgehead atoms. The molecule has 1 aliphatic heterocycles. The molecule has 2 rings (SSSR count). The highest BCUT2D eigenvalue weighted by molar-refractivity contribution is 7.12. The SMILES string of the molecule is Cc1cc(CCCC(=O)N2CCC(N)C(C)(C)C2)c(C)s1. The molecule has 3 nitrogen and oxygen atoms in total. The number of aryl methyl sites for hydroxylation is 3. The van der Waals surface area contributed by atoms with Gasteiger partial charge in [-0.25, -0.2) is 0 Å². The minimum Gasteiger partial charge on any atom is -0.342 e. The number of rotatable bonds is 4. The summed E-state index contributed by atoms with van der Waals surface area (Å²) in [4.78, 5) is 17.1. The highest BCUT2D eigenvalue weighted by Gasteiger charge is 2.34. The standard InChI is InChI=1S/C17H28N2OS/c1-12-10-14(13(2)21-12)6-5-7-16(20)19-9-8-15(18)17(3,4)11-19/h10,15H,5-9,11,18H2,1-4H3. The summed E-state index contributed by atoms with van der Waals surface area (Å²) >= 11 is 1.85. The number of nitrogens with two attached hydrogens (primary N) is 1. The lowest BCUT2D eigenvalue weighted by Gasteiger charge is -2.42. The van der Waals surface area contributed by atoms with Crippen molar-refractivity contribution in [2.75, 3.05) is 13.1 Å². The lowest BCUT2D eigenvalue weighted by atomic mass is 9.79. The number of amides is 1. The first-order chi connectivity index (χ1) is 9.79. The van der Waals surface area contributed by atoms with Crippen LogP contribution in [0.4, 0.5) is 0 Å². The molecule has 1 unspecified atom stereocenters. The van der Waals surface area contributed by atoms with Gasteiger partial charge < -0.3 is 10.6 Å². The van der Waals surface area contributed by atoms with Crippen molar-refractivity contribution < 1.29 is 4.79 Å². The topological polar surface area (TPSA) is 46.3 Å². The molecule has 1 amide bonds. The first kappa shape index (κ1) is 16.5. The van der Waals surface area contributed by atoms with E-state index < -0.39 is 0 Å². The van der Waals surface area contributed by atoms with E-state index in [0.717, 1.165) is 32.4 Å². The zero-order chi connectivity index (χ0) is 15.6. The maximum atomic E-state index is 12.4. The summed E-state index contributed by atoms with van der Waals surface area (Å²) in [7, 11) is 0. The lowest BCUT2D eigenvalue weighted by molar-refractivity contribution is -0.134. The van der Waals surface area contributed by atoms with Crippen molar-refractivity contribution in [3.63, 3.8) is 0 Å². The van der Waals surface area contributed by atoms with Gasteiger partial charge in [0.05, 0.1) is 0 Å². The van der Waals surface area contributed by atoms with Crippen molar-refractivity contribution in [3.05, 3.63) is 21.4 Å². The van der Waals surface area contributed by atoms with E-state index in [2.05, 4.69) is 33.8 Å². The van der Waals surface area contributed by atoms with Crippen LogP contribution in [-0.4, -0.2) is 29.9 Å². The van der Waals surface area contributed by atoms with Gasteiger partial charge >= 0.3 is 0 Å². The molecular formula is C17H28N2OS. The number of hydrogen-bond donors (Lipinski definition) is 1. The second kappa shape index (κ2) is 6.49. The molecule has 0 saturated carbocycles. The Morgan fingerprint density at radius 2 is 2.19 bits per heavy atom. The average molecular weight is 308 g/mol. The van der Waals surface area contributed by atoms with Crippen LogP contribution in [0.3, 0.4) is 0 Å². The summed E-state index contributed by atoms with van der Waals surface area (Å²) in [5.74, 6) is 0.291. The number of hydrogen-bond acceptors (Lipinski definition) is 3. The molecule has 1 atom stereocenters. The molecule has 0 aliphatic carbocycles. The van der Waals surface area contributed by atoms with Gasteiger partial charge in [0.15, 0.2) is 0 Å². The molecular weight excluding hydrogens is 280 g/mol. The molecule has 0 radical (unpaired) electrons. The van der Waals surface area contributed by atoms with Crippen LogP contribution in [-0.2, 0) is 11.2 Å². The summed E-state index contributed by atoms with van der Waals surface area (Å²) in [5, 5.41) is 0. The lowest BCUT2D eigenvalue weighted by Crippen LogP contribution is -2.53. The zero-order valence-corrected chi connectivity index (χ0v) is 14.6. The third-order valence-electron chi connectivity index (χ3n) is 4.65. The van der Waals surface area contributed by atoms with E-state index in [1.54, 1.807) is 0 Å². The van der Waals surface area contributed by atoms with Crippen molar-refractivity contribution in [1.82, 2.24) is 4.90 Å². The van der Waals surface area contributed by atoms with Crippen LogP contribution in [0.5, 0.6) is 0 Å². The molecule has 118 valence electrons. The van der Waals surface area contributed by atoms with Crippen LogP contribution >= 0.6 is 11.3 Å². The predicted molar refractivity (Wildman–Crippen MR) is 89.7 cm³/mol. The Morgan fingerprint density at radius 1 is 1.48 bits per heavy atom. The van der Waals surface area contributed by atoms with Crippen molar-refractivity contribution in [3.8, 4) is 0 Å². The van der Waals surface area contributed by atoms with Crippen molar-refractivity contribution in [1.29, 1.82) is 0 Å². The molecule has 1 aromatic rings. The summed E-state index contributed by atoms with van der Waals surface area (Å²) in [6.07, 6.45) is 3.53. The Morgan fingerprint density at radius 3 is 2.76 bits per heavy atom. The Bertz CT molecular complexity index is 507. The first-order valence-electron chi connectivity index (χ1n) is 7.89. The van der Waals surface area contributed by atoms with E-state index in [4.69, 9.17) is 5.73 Å². The third kappa shape index (κ3) is 4.07. The molecule has 0 spiro atoms. The number of likely N-dealkylation sites (tertiary alicyclic amines) is 1. The Balaban J connectivity index is 1.81. The van der Waals surface area contributed by atoms with E-state index in [0.29, 0.717) is 12.3 Å². The van der Waals surface area contributed by atoms with Crippen molar-refractivity contribution >= 4 is 17.2 Å². The maximum absolute atomic E-state index is 12.4. The number of carbonyl (C=O) groups excluding carboxylic acids is 1. The molecule has 0 aromatic carbocycles. The van der Waals surface area contributed by atoms with Crippen LogP contribution in [0.25, 0.3) is 0 Å². The van der Waals surface area contributed by atoms with Gasteiger partial charge in [0.25, 0.3) is 0 Å². The van der Waals surface area contributed by atoms with Crippen LogP contribution in [0.2, 0.25) is 0 Å². The first-order valence-corrected chi connectivity index (χ1v) is 8.70. The number of nitrogens with zero attached hydrogens (tertiary/aromatic N) is 1. The van der Waals surface area contributed by atoms with Crippen LogP contribution < -0.4 is 5.73 Å². The van der Waals surface area contributed by atoms with E-state index in [9.17, 15) is 4.79 Å². The van der Waals surface area contributed by atoms with E-state index in [-0.39, 0.29) is 11.5 Å². The van der Waals surface area contributed by atoms with Gasteiger partial charge in [0.2, 0.25) is 5.91 Å². The molecule has 1 aromatic heterocycles. The molecule has 1 saturated heterocycles. The fourth-order valence-electron chi connectivity index (χ4n) is 3.11. The fraction of sp³-hybridized carbons (Fsp3) is 0.706. The number of piperidine rings is 1. The zero-order valence-electron chi connectivity index (χ0n) is 13.7. The second-order valence-corrected chi connectivity index (χ2v) is 8.45. The number of carbonyl (C=O) groups is 1. The minimum absolute atomic E-state index is 0.0367. The minimum atomic E-state index is 0.0367. The Labute approximate surface area is 132 Å². The van der Waals surface area contributed by atoms with Crippen molar-refractivity contribution in [2.24, 2.45) is 11.1 Å². The van der Waals surface area contributed by atoms with Gasteiger partial charge in [-0.3, -0.25) is 4.79 Å². The predicted octanol–water partition coefficient (Wildman–Crippen LogP) is 3.27. The highest BCUT2D eigenvalue weighted by Crippen LogP contribution is 2.28. The number of thiophene rings is 1. The van der Waals surface area contributed by atoms with E-state index in [1.165, 1.54) is 15.3 Å². The highest BCUT2D eigenvalue weighted by atomic mass is 32.1. The van der Waals surface area contributed by atoms with Gasteiger partial charge in [-0.15, -0.1) is 11.3 Å². The van der Waals surface area contributed by atoms with Gasteiger partial charge in [-0.1, -0.05) is 13.8 Å². The molecule has 1 aliphatic rings. The summed E-state index contributed by atoms with van der Waals surface area (Å²) < 4.78 is 0. The van der Waals surface area contributed by atoms with Crippen LogP contribution in [0.1, 0.15) is 48.4 Å². The molecule has 21 heavy (non-hydrogen) atoms. The fourth-order valence-corrected chi connectivity index (χ4v) is 4.08. The van der Waals surface area contributed by atoms with Gasteiger partial charge in [-0.2, -0.15) is 0 Å². The van der Waals surface area contributed by atoms with Gasteiger partial charge in [0, 0.05) is 35.3 Å². The summed E-state index contributed by atoms with van der Waals surface area (Å²) in [6.45, 7) is 10.3. The monoisotopic (exact) mass is 308 g/mol. The Hall–Kier alpha value is -0.870. The molecule has 2 N–H and O–H groups in total. The van der Waals surface area contributed by atoms with Crippen LogP contribution in [0, 0.1) is 19.3 Å². The van der Waals surface area contributed by atoms with Crippen molar-refractivity contribution in [2.45, 2.75) is 59.4 Å².